The maximum atomic E-state index is 13.7. The molecule has 22 heavy (non-hydrogen) atoms. The number of nitrogens with zero attached hydrogens (tertiary/aromatic N) is 3. The maximum Gasteiger partial charge on any atom is 0.141 e. The van der Waals surface area contributed by atoms with Crippen LogP contribution >= 0.6 is 0 Å². The van der Waals surface area contributed by atoms with Gasteiger partial charge in [0.15, 0.2) is 0 Å². The molecule has 2 heterocycles. The van der Waals surface area contributed by atoms with Gasteiger partial charge >= 0.3 is 0 Å². The minimum absolute atomic E-state index is 0.111. The van der Waals surface area contributed by atoms with Crippen LogP contribution in [0, 0.1) is 11.6 Å². The third-order valence-electron chi connectivity index (χ3n) is 3.12. The molecule has 0 amide bonds. The summed E-state index contributed by atoms with van der Waals surface area (Å²) in [6.45, 7) is 1.08. The van der Waals surface area contributed by atoms with Crippen LogP contribution in [0.25, 0.3) is 11.1 Å². The zero-order valence-corrected chi connectivity index (χ0v) is 11.6. The van der Waals surface area contributed by atoms with Gasteiger partial charge in [-0.05, 0) is 12.1 Å². The molecule has 5 nitrogen and oxygen atoms in total. The van der Waals surface area contributed by atoms with Gasteiger partial charge in [0, 0.05) is 36.3 Å². The van der Waals surface area contributed by atoms with Crippen LogP contribution in [-0.4, -0.2) is 20.2 Å². The van der Waals surface area contributed by atoms with Crippen LogP contribution in [0.2, 0.25) is 0 Å². The van der Waals surface area contributed by atoms with E-state index in [1.54, 1.807) is 12.4 Å². The lowest BCUT2D eigenvalue weighted by Gasteiger charge is -2.06. The minimum atomic E-state index is -0.630. The molecule has 3 aromatic rings. The third-order valence-corrected chi connectivity index (χ3v) is 3.12. The van der Waals surface area contributed by atoms with E-state index < -0.39 is 11.6 Å². The zero-order valence-electron chi connectivity index (χ0n) is 11.6. The molecule has 3 rings (SSSR count). The molecule has 0 fully saturated rings. The van der Waals surface area contributed by atoms with E-state index in [1.165, 1.54) is 30.6 Å². The van der Waals surface area contributed by atoms with Crippen molar-refractivity contribution >= 4 is 0 Å². The second-order valence-corrected chi connectivity index (χ2v) is 4.69. The highest BCUT2D eigenvalue weighted by molar-refractivity contribution is 5.62. The Balaban J connectivity index is 1.67. The molecule has 112 valence electrons. The summed E-state index contributed by atoms with van der Waals surface area (Å²) in [7, 11) is 0. The molecule has 0 aliphatic rings. The molecule has 0 bridgehead atoms. The first-order chi connectivity index (χ1) is 10.7. The fourth-order valence-corrected chi connectivity index (χ4v) is 2.04. The standard InChI is InChI=1S/C15H13F2N5/c16-12-2-1-3-13(17)15(12)11-7-19-14(20-8-11)9-18-4-10-5-21-22-6-10/h1-3,5-8,18H,4,9H2,(H,21,22). The lowest BCUT2D eigenvalue weighted by atomic mass is 10.1. The van der Waals surface area contributed by atoms with Gasteiger partial charge in [0.2, 0.25) is 0 Å². The fourth-order valence-electron chi connectivity index (χ4n) is 2.04. The largest absolute Gasteiger partial charge is 0.306 e. The van der Waals surface area contributed by atoms with Gasteiger partial charge in [-0.3, -0.25) is 5.10 Å². The summed E-state index contributed by atoms with van der Waals surface area (Å²) >= 11 is 0. The molecular weight excluding hydrogens is 288 g/mol. The first-order valence-electron chi connectivity index (χ1n) is 6.67. The highest BCUT2D eigenvalue weighted by atomic mass is 19.1. The number of aromatic nitrogens is 4. The highest BCUT2D eigenvalue weighted by Crippen LogP contribution is 2.24. The van der Waals surface area contributed by atoms with E-state index in [-0.39, 0.29) is 5.56 Å². The van der Waals surface area contributed by atoms with E-state index in [0.29, 0.717) is 24.5 Å². The van der Waals surface area contributed by atoms with Crippen molar-refractivity contribution in [1.82, 2.24) is 25.5 Å². The Labute approximate surface area is 125 Å². The normalized spacial score (nSPS) is 10.8. The second-order valence-electron chi connectivity index (χ2n) is 4.69. The summed E-state index contributed by atoms with van der Waals surface area (Å²) in [5.41, 5.74) is 1.22. The summed E-state index contributed by atoms with van der Waals surface area (Å²) in [5.74, 6) is -0.715. The summed E-state index contributed by atoms with van der Waals surface area (Å²) in [6, 6.07) is 3.74. The van der Waals surface area contributed by atoms with Crippen molar-refractivity contribution in [3.05, 3.63) is 66.0 Å². The number of nitrogens with one attached hydrogen (secondary N) is 2. The number of halogens is 2. The Hall–Kier alpha value is -2.67. The monoisotopic (exact) mass is 301 g/mol. The van der Waals surface area contributed by atoms with Crippen molar-refractivity contribution in [2.24, 2.45) is 0 Å². The van der Waals surface area contributed by atoms with Crippen LogP contribution < -0.4 is 5.32 Å². The van der Waals surface area contributed by atoms with E-state index in [1.807, 2.05) is 0 Å². The molecule has 0 unspecified atom stereocenters. The predicted molar refractivity (Wildman–Crippen MR) is 76.5 cm³/mol. The molecular formula is C15H13F2N5. The summed E-state index contributed by atoms with van der Waals surface area (Å²) < 4.78 is 27.4. The minimum Gasteiger partial charge on any atom is -0.306 e. The highest BCUT2D eigenvalue weighted by Gasteiger charge is 2.11. The van der Waals surface area contributed by atoms with Gasteiger partial charge in [0.25, 0.3) is 0 Å². The summed E-state index contributed by atoms with van der Waals surface area (Å²) in [5, 5.41) is 9.72. The van der Waals surface area contributed by atoms with Gasteiger partial charge in [0.05, 0.1) is 18.3 Å². The maximum absolute atomic E-state index is 13.7. The van der Waals surface area contributed by atoms with E-state index in [4.69, 9.17) is 0 Å². The Bertz CT molecular complexity index is 721. The van der Waals surface area contributed by atoms with E-state index in [2.05, 4.69) is 25.5 Å². The molecule has 2 N–H and O–H groups in total. The Kier molecular flexibility index (Phi) is 4.15. The van der Waals surface area contributed by atoms with Crippen molar-refractivity contribution in [3.8, 4) is 11.1 Å². The van der Waals surface area contributed by atoms with Gasteiger partial charge in [-0.25, -0.2) is 18.7 Å². The second kappa shape index (κ2) is 6.40. The van der Waals surface area contributed by atoms with Crippen molar-refractivity contribution in [1.29, 1.82) is 0 Å². The number of hydrogen-bond acceptors (Lipinski definition) is 4. The molecule has 7 heteroatoms. The van der Waals surface area contributed by atoms with Crippen LogP contribution in [0.4, 0.5) is 8.78 Å². The number of hydrogen-bond donors (Lipinski definition) is 2. The topological polar surface area (TPSA) is 66.5 Å². The van der Waals surface area contributed by atoms with E-state index >= 15 is 0 Å². The van der Waals surface area contributed by atoms with Gasteiger partial charge in [-0.1, -0.05) is 6.07 Å². The van der Waals surface area contributed by atoms with Gasteiger partial charge in [-0.15, -0.1) is 0 Å². The summed E-state index contributed by atoms with van der Waals surface area (Å²) in [6.07, 6.45) is 6.35. The fraction of sp³-hybridized carbons (Fsp3) is 0.133. The average Bonchev–Trinajstić information content (AvgIpc) is 3.02. The first-order valence-corrected chi connectivity index (χ1v) is 6.67. The molecule has 0 saturated carbocycles. The summed E-state index contributed by atoms with van der Waals surface area (Å²) in [4.78, 5) is 8.25. The first kappa shape index (κ1) is 14.3. The van der Waals surface area contributed by atoms with Gasteiger partial charge in [0.1, 0.15) is 17.5 Å². The quantitative estimate of drug-likeness (QED) is 0.759. The smallest absolute Gasteiger partial charge is 0.141 e. The van der Waals surface area contributed by atoms with Crippen LogP contribution in [-0.2, 0) is 13.1 Å². The number of rotatable bonds is 5. The Morgan fingerprint density at radius 2 is 1.73 bits per heavy atom. The van der Waals surface area contributed by atoms with Crippen molar-refractivity contribution < 1.29 is 8.78 Å². The van der Waals surface area contributed by atoms with E-state index in [9.17, 15) is 8.78 Å². The number of aromatic amines is 1. The van der Waals surface area contributed by atoms with Crippen LogP contribution in [0.3, 0.4) is 0 Å². The van der Waals surface area contributed by atoms with Crippen molar-refractivity contribution in [3.63, 3.8) is 0 Å². The SMILES string of the molecule is Fc1cccc(F)c1-c1cnc(CNCc2cn[nH]c2)nc1. The Morgan fingerprint density at radius 3 is 2.36 bits per heavy atom. The lowest BCUT2D eigenvalue weighted by molar-refractivity contribution is 0.589. The number of benzene rings is 1. The zero-order chi connectivity index (χ0) is 15.4. The molecule has 0 aliphatic heterocycles. The molecule has 0 spiro atoms. The van der Waals surface area contributed by atoms with Crippen molar-refractivity contribution in [2.75, 3.05) is 0 Å². The predicted octanol–water partition coefficient (Wildman–Crippen LogP) is 2.43. The van der Waals surface area contributed by atoms with Crippen LogP contribution in [0.1, 0.15) is 11.4 Å². The molecule has 0 saturated heterocycles. The molecule has 1 aromatic carbocycles. The molecule has 0 radical (unpaired) electrons. The Morgan fingerprint density at radius 1 is 1.00 bits per heavy atom. The molecule has 0 aliphatic carbocycles. The van der Waals surface area contributed by atoms with Crippen molar-refractivity contribution in [2.45, 2.75) is 13.1 Å². The van der Waals surface area contributed by atoms with E-state index in [0.717, 1.165) is 5.56 Å². The van der Waals surface area contributed by atoms with Crippen LogP contribution in [0.15, 0.2) is 43.0 Å². The molecule has 2 aromatic heterocycles. The average molecular weight is 301 g/mol. The third kappa shape index (κ3) is 3.15. The van der Waals surface area contributed by atoms with Crippen LogP contribution in [0.5, 0.6) is 0 Å². The number of H-pyrrole nitrogens is 1. The van der Waals surface area contributed by atoms with Gasteiger partial charge in [-0.2, -0.15) is 5.10 Å². The molecule has 0 atom stereocenters. The lowest BCUT2D eigenvalue weighted by Crippen LogP contribution is -2.14. The van der Waals surface area contributed by atoms with Gasteiger partial charge < -0.3 is 5.32 Å².